The third-order valence-corrected chi connectivity index (χ3v) is 2.20. The van der Waals surface area contributed by atoms with Crippen molar-refractivity contribution in [3.8, 4) is 0 Å². The maximum Gasteiger partial charge on any atom is 0.242 e. The molecule has 2 aromatic rings. The van der Waals surface area contributed by atoms with Crippen LogP contribution in [0.2, 0.25) is 0 Å². The number of para-hydroxylation sites is 1. The highest BCUT2D eigenvalue weighted by atomic mass is 79.9. The molecular formula is C9H8BrN2+. The molecule has 0 aliphatic heterocycles. The Kier molecular flexibility index (Phi) is 1.73. The fourth-order valence-electron chi connectivity index (χ4n) is 1.23. The molecule has 0 aliphatic carbocycles. The molecule has 0 bridgehead atoms. The number of nitrogens with zero attached hydrogens (tertiary/aromatic N) is 1. The summed E-state index contributed by atoms with van der Waals surface area (Å²) in [5.74, 6) is 5.74. The third-order valence-electron chi connectivity index (χ3n) is 1.77. The zero-order chi connectivity index (χ0) is 8.55. The normalized spacial score (nSPS) is 10.4. The SMILES string of the molecule is N[n+]1cc(Br)cc2ccccc21. The lowest BCUT2D eigenvalue weighted by Gasteiger charge is -1.94. The van der Waals surface area contributed by atoms with Crippen molar-refractivity contribution in [2.24, 2.45) is 0 Å². The number of hydrogen-bond acceptors (Lipinski definition) is 1. The fourth-order valence-corrected chi connectivity index (χ4v) is 1.70. The van der Waals surface area contributed by atoms with Gasteiger partial charge in [-0.05, 0) is 28.1 Å². The number of aromatic nitrogens is 1. The van der Waals surface area contributed by atoms with Gasteiger partial charge in [0.1, 0.15) is 0 Å². The first-order valence-corrected chi connectivity index (χ1v) is 4.42. The van der Waals surface area contributed by atoms with Crippen molar-refractivity contribution in [2.75, 3.05) is 5.84 Å². The number of benzene rings is 1. The molecule has 0 spiro atoms. The minimum absolute atomic E-state index is 0.990. The molecule has 0 fully saturated rings. The standard InChI is InChI=1S/C9H8BrN2/c10-8-5-7-3-1-2-4-9(7)12(11)6-8/h1-6H,11H2/q+1. The van der Waals surface area contributed by atoms with Gasteiger partial charge in [0, 0.05) is 6.07 Å². The topological polar surface area (TPSA) is 29.9 Å². The molecule has 1 aromatic heterocycles. The van der Waals surface area contributed by atoms with E-state index in [1.165, 1.54) is 0 Å². The summed E-state index contributed by atoms with van der Waals surface area (Å²) in [6.07, 6.45) is 1.84. The lowest BCUT2D eigenvalue weighted by Crippen LogP contribution is -2.44. The molecule has 2 nitrogen and oxygen atoms in total. The molecule has 0 saturated heterocycles. The Hall–Kier alpha value is -1.09. The Morgan fingerprint density at radius 2 is 2.00 bits per heavy atom. The van der Waals surface area contributed by atoms with Gasteiger partial charge in [0.15, 0.2) is 0 Å². The van der Waals surface area contributed by atoms with Gasteiger partial charge in [0.25, 0.3) is 0 Å². The highest BCUT2D eigenvalue weighted by Gasteiger charge is 2.05. The first-order valence-electron chi connectivity index (χ1n) is 3.62. The van der Waals surface area contributed by atoms with Crippen LogP contribution in [0.5, 0.6) is 0 Å². The quantitative estimate of drug-likeness (QED) is 0.534. The van der Waals surface area contributed by atoms with Gasteiger partial charge >= 0.3 is 0 Å². The van der Waals surface area contributed by atoms with E-state index in [-0.39, 0.29) is 0 Å². The molecule has 3 heteroatoms. The Bertz CT molecular complexity index is 426. The van der Waals surface area contributed by atoms with Gasteiger partial charge in [-0.25, -0.2) is 5.84 Å². The summed E-state index contributed by atoms with van der Waals surface area (Å²) in [7, 11) is 0. The van der Waals surface area contributed by atoms with Crippen molar-refractivity contribution in [1.29, 1.82) is 0 Å². The van der Waals surface area contributed by atoms with Gasteiger partial charge < -0.3 is 0 Å². The average Bonchev–Trinajstić information content (AvgIpc) is 2.04. The van der Waals surface area contributed by atoms with Crippen molar-refractivity contribution in [2.45, 2.75) is 0 Å². The third kappa shape index (κ3) is 1.16. The Labute approximate surface area is 78.7 Å². The largest absolute Gasteiger partial charge is 0.242 e. The summed E-state index contributed by atoms with van der Waals surface area (Å²) in [5, 5.41) is 1.13. The molecule has 1 heterocycles. The number of hydrogen-bond donors (Lipinski definition) is 1. The van der Waals surface area contributed by atoms with E-state index in [9.17, 15) is 0 Å². The number of pyridine rings is 1. The molecule has 60 valence electrons. The van der Waals surface area contributed by atoms with E-state index in [0.29, 0.717) is 0 Å². The maximum atomic E-state index is 5.74. The van der Waals surface area contributed by atoms with Gasteiger partial charge in [-0.15, -0.1) is 0 Å². The highest BCUT2D eigenvalue weighted by molar-refractivity contribution is 9.10. The summed E-state index contributed by atoms with van der Waals surface area (Å²) in [5.41, 5.74) is 1.03. The van der Waals surface area contributed by atoms with E-state index in [4.69, 9.17) is 5.84 Å². The molecule has 1 aromatic carbocycles. The smallest absolute Gasteiger partial charge is 0.205 e. The Morgan fingerprint density at radius 3 is 2.83 bits per heavy atom. The predicted molar refractivity (Wildman–Crippen MR) is 52.0 cm³/mol. The van der Waals surface area contributed by atoms with Crippen LogP contribution in [0.3, 0.4) is 0 Å². The van der Waals surface area contributed by atoms with Crippen LogP contribution in [0.4, 0.5) is 0 Å². The summed E-state index contributed by atoms with van der Waals surface area (Å²) in [6, 6.07) is 10.0. The van der Waals surface area contributed by atoms with Crippen molar-refractivity contribution in [3.05, 3.63) is 41.0 Å². The maximum absolute atomic E-state index is 5.74. The molecule has 2 N–H and O–H groups in total. The molecule has 0 atom stereocenters. The molecule has 12 heavy (non-hydrogen) atoms. The number of nitrogens with two attached hydrogens (primary N) is 1. The number of halogens is 1. The first-order chi connectivity index (χ1) is 5.77. The molecule has 0 aliphatic rings. The summed E-state index contributed by atoms with van der Waals surface area (Å²) < 4.78 is 2.60. The van der Waals surface area contributed by atoms with Crippen LogP contribution in [0.25, 0.3) is 10.9 Å². The van der Waals surface area contributed by atoms with E-state index in [1.807, 2.05) is 36.5 Å². The molecule has 0 saturated carbocycles. The lowest BCUT2D eigenvalue weighted by molar-refractivity contribution is -0.611. The highest BCUT2D eigenvalue weighted by Crippen LogP contribution is 2.14. The molecule has 0 amide bonds. The van der Waals surface area contributed by atoms with Gasteiger partial charge in [-0.3, -0.25) is 0 Å². The van der Waals surface area contributed by atoms with Gasteiger partial charge in [-0.1, -0.05) is 16.8 Å². The number of nitrogen functional groups attached to an aromatic ring is 1. The van der Waals surface area contributed by atoms with Crippen LogP contribution >= 0.6 is 15.9 Å². The van der Waals surface area contributed by atoms with Crippen LogP contribution in [0.1, 0.15) is 0 Å². The van der Waals surface area contributed by atoms with E-state index in [2.05, 4.69) is 15.9 Å². The monoisotopic (exact) mass is 223 g/mol. The van der Waals surface area contributed by atoms with Crippen molar-refractivity contribution >= 4 is 26.8 Å². The second kappa shape index (κ2) is 2.75. The van der Waals surface area contributed by atoms with Gasteiger partial charge in [-0.2, -0.15) is 0 Å². The van der Waals surface area contributed by atoms with Crippen LogP contribution in [0, 0.1) is 0 Å². The predicted octanol–water partition coefficient (Wildman–Crippen LogP) is 1.60. The minimum atomic E-state index is 0.990. The van der Waals surface area contributed by atoms with E-state index in [0.717, 1.165) is 15.4 Å². The van der Waals surface area contributed by atoms with Gasteiger partial charge in [0.05, 0.1) is 9.86 Å². The minimum Gasteiger partial charge on any atom is -0.205 e. The van der Waals surface area contributed by atoms with Gasteiger partial charge in [0.2, 0.25) is 11.7 Å². The molecule has 2 rings (SSSR count). The van der Waals surface area contributed by atoms with Crippen LogP contribution < -0.4 is 10.5 Å². The first kappa shape index (κ1) is 7.55. The van der Waals surface area contributed by atoms with E-state index >= 15 is 0 Å². The van der Waals surface area contributed by atoms with Crippen molar-refractivity contribution in [3.63, 3.8) is 0 Å². The Morgan fingerprint density at radius 1 is 1.25 bits per heavy atom. The van der Waals surface area contributed by atoms with Crippen molar-refractivity contribution < 1.29 is 4.68 Å². The van der Waals surface area contributed by atoms with Crippen molar-refractivity contribution in [1.82, 2.24) is 0 Å². The molecular weight excluding hydrogens is 216 g/mol. The van der Waals surface area contributed by atoms with E-state index in [1.54, 1.807) is 4.68 Å². The zero-order valence-corrected chi connectivity index (χ0v) is 7.95. The lowest BCUT2D eigenvalue weighted by atomic mass is 10.2. The zero-order valence-electron chi connectivity index (χ0n) is 6.37. The summed E-state index contributed by atoms with van der Waals surface area (Å²) in [6.45, 7) is 0. The summed E-state index contributed by atoms with van der Waals surface area (Å²) in [4.78, 5) is 0. The molecule has 0 radical (unpaired) electrons. The van der Waals surface area contributed by atoms with Crippen LogP contribution in [0.15, 0.2) is 41.0 Å². The fraction of sp³-hybridized carbons (Fsp3) is 0. The second-order valence-corrected chi connectivity index (χ2v) is 3.54. The summed E-state index contributed by atoms with van der Waals surface area (Å²) >= 11 is 3.38. The number of rotatable bonds is 0. The van der Waals surface area contributed by atoms with E-state index < -0.39 is 0 Å². The number of fused-ring (bicyclic) bond motifs is 1. The Balaban J connectivity index is 2.89. The van der Waals surface area contributed by atoms with Crippen LogP contribution in [-0.4, -0.2) is 0 Å². The molecule has 0 unspecified atom stereocenters. The van der Waals surface area contributed by atoms with Crippen LogP contribution in [-0.2, 0) is 0 Å². The average molecular weight is 224 g/mol. The second-order valence-electron chi connectivity index (χ2n) is 2.62.